The molecule has 1 aliphatic heterocycles. The van der Waals surface area contributed by atoms with Crippen molar-refractivity contribution >= 4 is 16.7 Å². The van der Waals surface area contributed by atoms with Crippen LogP contribution in [0.2, 0.25) is 0 Å². The van der Waals surface area contributed by atoms with Gasteiger partial charge in [-0.15, -0.1) is 0 Å². The van der Waals surface area contributed by atoms with Crippen LogP contribution in [-0.4, -0.2) is 24.9 Å². The summed E-state index contributed by atoms with van der Waals surface area (Å²) in [5, 5.41) is 12.2. The number of nitrogens with zero attached hydrogens (tertiary/aromatic N) is 3. The third kappa shape index (κ3) is 4.92. The molecule has 0 N–H and O–H groups in total. The zero-order chi connectivity index (χ0) is 23.4. The SMILES string of the molecule is CCCc1c(OCCCN2CCCc3cc(CC#N)ccc32)ccc2c(C(F)(F)F)noc12. The highest BCUT2D eigenvalue weighted by Gasteiger charge is 2.37. The standard InChI is InChI=1S/C25H26F3N3O2/c1-2-5-19-22(10-8-20-23(19)33-30-24(20)25(26,27)28)32-15-4-14-31-13-3-6-18-16-17(11-12-29)7-9-21(18)31/h7-10,16H,2-6,11,13-15H2,1H3. The monoisotopic (exact) mass is 457 g/mol. The quantitative estimate of drug-likeness (QED) is 0.383. The molecule has 3 aromatic rings. The van der Waals surface area contributed by atoms with Crippen molar-refractivity contribution in [1.29, 1.82) is 5.26 Å². The number of aromatic nitrogens is 1. The maximum atomic E-state index is 13.2. The molecule has 0 bridgehead atoms. The van der Waals surface area contributed by atoms with E-state index < -0.39 is 11.9 Å². The number of hydrogen-bond donors (Lipinski definition) is 0. The summed E-state index contributed by atoms with van der Waals surface area (Å²) in [5.74, 6) is 0.550. The van der Waals surface area contributed by atoms with Gasteiger partial charge in [-0.1, -0.05) is 30.6 Å². The van der Waals surface area contributed by atoms with Crippen LogP contribution in [0.15, 0.2) is 34.9 Å². The Bertz CT molecular complexity index is 1160. The van der Waals surface area contributed by atoms with E-state index in [1.54, 1.807) is 6.07 Å². The maximum absolute atomic E-state index is 13.2. The van der Waals surface area contributed by atoms with Crippen molar-refractivity contribution in [1.82, 2.24) is 5.16 Å². The molecule has 174 valence electrons. The van der Waals surface area contributed by atoms with E-state index in [1.807, 2.05) is 13.0 Å². The number of benzene rings is 2. The molecule has 0 saturated heterocycles. The third-order valence-electron chi connectivity index (χ3n) is 5.94. The van der Waals surface area contributed by atoms with Gasteiger partial charge >= 0.3 is 6.18 Å². The van der Waals surface area contributed by atoms with Gasteiger partial charge in [0.2, 0.25) is 0 Å². The number of nitriles is 1. The molecule has 2 aromatic carbocycles. The van der Waals surface area contributed by atoms with Gasteiger partial charge in [0.25, 0.3) is 0 Å². The lowest BCUT2D eigenvalue weighted by Gasteiger charge is -2.31. The Kier molecular flexibility index (Phi) is 6.77. The lowest BCUT2D eigenvalue weighted by molar-refractivity contribution is -0.141. The van der Waals surface area contributed by atoms with Gasteiger partial charge in [-0.3, -0.25) is 0 Å². The van der Waals surface area contributed by atoms with E-state index in [-0.39, 0.29) is 11.0 Å². The molecule has 33 heavy (non-hydrogen) atoms. The minimum atomic E-state index is -4.56. The molecular weight excluding hydrogens is 431 g/mol. The number of halogens is 3. The van der Waals surface area contributed by atoms with Gasteiger partial charge in [-0.05, 0) is 55.0 Å². The summed E-state index contributed by atoms with van der Waals surface area (Å²) >= 11 is 0. The van der Waals surface area contributed by atoms with Crippen LogP contribution in [-0.2, 0) is 25.4 Å². The first kappa shape index (κ1) is 23.0. The van der Waals surface area contributed by atoms with E-state index >= 15 is 0 Å². The van der Waals surface area contributed by atoms with Crippen molar-refractivity contribution in [2.75, 3.05) is 24.6 Å². The van der Waals surface area contributed by atoms with Gasteiger partial charge in [-0.2, -0.15) is 18.4 Å². The van der Waals surface area contributed by atoms with Crippen molar-refractivity contribution in [2.45, 2.75) is 51.6 Å². The first-order valence-electron chi connectivity index (χ1n) is 11.3. The summed E-state index contributed by atoms with van der Waals surface area (Å²) in [5.41, 5.74) is 3.31. The zero-order valence-corrected chi connectivity index (χ0v) is 18.5. The highest BCUT2D eigenvalue weighted by Crippen LogP contribution is 2.38. The minimum Gasteiger partial charge on any atom is -0.493 e. The Morgan fingerprint density at radius 1 is 1.24 bits per heavy atom. The van der Waals surface area contributed by atoms with E-state index in [2.05, 4.69) is 28.3 Å². The average molecular weight is 457 g/mol. The predicted molar refractivity (Wildman–Crippen MR) is 119 cm³/mol. The molecule has 0 radical (unpaired) electrons. The van der Waals surface area contributed by atoms with Crippen molar-refractivity contribution in [3.05, 3.63) is 52.7 Å². The number of fused-ring (bicyclic) bond motifs is 2. The molecule has 2 heterocycles. The van der Waals surface area contributed by atoms with Crippen LogP contribution in [0.3, 0.4) is 0 Å². The van der Waals surface area contributed by atoms with Crippen LogP contribution in [0.5, 0.6) is 5.75 Å². The van der Waals surface area contributed by atoms with E-state index in [4.69, 9.17) is 14.5 Å². The molecule has 0 amide bonds. The number of rotatable bonds is 8. The molecule has 0 unspecified atom stereocenters. The predicted octanol–water partition coefficient (Wildman–Crippen LogP) is 6.09. The fourth-order valence-corrected chi connectivity index (χ4v) is 4.47. The second kappa shape index (κ2) is 9.74. The Morgan fingerprint density at radius 3 is 2.85 bits per heavy atom. The van der Waals surface area contributed by atoms with Gasteiger partial charge in [0.1, 0.15) is 5.75 Å². The Morgan fingerprint density at radius 2 is 2.09 bits per heavy atom. The van der Waals surface area contributed by atoms with E-state index in [0.29, 0.717) is 30.8 Å². The Labute approximate surface area is 190 Å². The highest BCUT2D eigenvalue weighted by atomic mass is 19.4. The normalized spacial score (nSPS) is 13.7. The number of alkyl halides is 3. The summed E-state index contributed by atoms with van der Waals surface area (Å²) in [4.78, 5) is 2.33. The van der Waals surface area contributed by atoms with Crippen LogP contribution < -0.4 is 9.64 Å². The summed E-state index contributed by atoms with van der Waals surface area (Å²) in [6.07, 6.45) is -0.00150. The molecule has 8 heteroatoms. The van der Waals surface area contributed by atoms with Crippen molar-refractivity contribution < 1.29 is 22.4 Å². The molecule has 5 nitrogen and oxygen atoms in total. The van der Waals surface area contributed by atoms with Crippen molar-refractivity contribution in [3.63, 3.8) is 0 Å². The molecular formula is C25H26F3N3O2. The lowest BCUT2D eigenvalue weighted by Crippen LogP contribution is -2.31. The first-order valence-corrected chi connectivity index (χ1v) is 11.3. The van der Waals surface area contributed by atoms with Gasteiger partial charge in [0.15, 0.2) is 11.3 Å². The summed E-state index contributed by atoms with van der Waals surface area (Å²) < 4.78 is 50.6. The molecule has 0 spiro atoms. The maximum Gasteiger partial charge on any atom is 0.437 e. The van der Waals surface area contributed by atoms with Crippen LogP contribution in [0.4, 0.5) is 18.9 Å². The number of aryl methyl sites for hydroxylation is 2. The van der Waals surface area contributed by atoms with Crippen LogP contribution in [0, 0.1) is 11.3 Å². The van der Waals surface area contributed by atoms with E-state index in [0.717, 1.165) is 44.3 Å². The minimum absolute atomic E-state index is 0.0287. The molecule has 0 fully saturated rings. The molecule has 0 aliphatic carbocycles. The van der Waals surface area contributed by atoms with Crippen LogP contribution in [0.1, 0.15) is 48.6 Å². The Hall–Kier alpha value is -3.21. The highest BCUT2D eigenvalue weighted by molar-refractivity contribution is 5.85. The summed E-state index contributed by atoms with van der Waals surface area (Å²) in [6, 6.07) is 11.4. The molecule has 1 aromatic heterocycles. The van der Waals surface area contributed by atoms with E-state index in [1.165, 1.54) is 17.3 Å². The lowest BCUT2D eigenvalue weighted by atomic mass is 9.98. The van der Waals surface area contributed by atoms with Crippen molar-refractivity contribution in [2.24, 2.45) is 0 Å². The van der Waals surface area contributed by atoms with Crippen LogP contribution in [0.25, 0.3) is 11.0 Å². The van der Waals surface area contributed by atoms with Gasteiger partial charge in [-0.25, -0.2) is 0 Å². The molecule has 4 rings (SSSR count). The number of anilines is 1. The second-order valence-corrected chi connectivity index (χ2v) is 8.29. The van der Waals surface area contributed by atoms with Gasteiger partial charge in [0, 0.05) is 24.3 Å². The summed E-state index contributed by atoms with van der Waals surface area (Å²) in [7, 11) is 0. The molecule has 0 saturated carbocycles. The fourth-order valence-electron chi connectivity index (χ4n) is 4.47. The van der Waals surface area contributed by atoms with E-state index in [9.17, 15) is 13.2 Å². The number of ether oxygens (including phenoxy) is 1. The topological polar surface area (TPSA) is 62.3 Å². The third-order valence-corrected chi connectivity index (χ3v) is 5.94. The fraction of sp³-hybridized carbons (Fsp3) is 0.440. The second-order valence-electron chi connectivity index (χ2n) is 8.29. The summed E-state index contributed by atoms with van der Waals surface area (Å²) in [6.45, 7) is 4.19. The van der Waals surface area contributed by atoms with Crippen LogP contribution >= 0.6 is 0 Å². The van der Waals surface area contributed by atoms with Gasteiger partial charge < -0.3 is 14.2 Å². The Balaban J connectivity index is 1.43. The smallest absolute Gasteiger partial charge is 0.437 e. The molecule has 1 aliphatic rings. The zero-order valence-electron chi connectivity index (χ0n) is 18.5. The molecule has 0 atom stereocenters. The largest absolute Gasteiger partial charge is 0.493 e. The van der Waals surface area contributed by atoms with Crippen molar-refractivity contribution in [3.8, 4) is 11.8 Å². The average Bonchev–Trinajstić information content (AvgIpc) is 3.23. The number of hydrogen-bond acceptors (Lipinski definition) is 5. The van der Waals surface area contributed by atoms with Gasteiger partial charge in [0.05, 0.1) is 24.5 Å². The first-order chi connectivity index (χ1) is 15.9.